The minimum atomic E-state index is 0.505. The number of hydrogen-bond acceptors (Lipinski definition) is 4. The molecule has 0 radical (unpaired) electrons. The minimum Gasteiger partial charge on any atom is -0.315 e. The third-order valence-corrected chi connectivity index (χ3v) is 5.47. The average Bonchev–Trinajstić information content (AvgIpc) is 2.95. The fourth-order valence-electron chi connectivity index (χ4n) is 4.08. The van der Waals surface area contributed by atoms with Crippen LogP contribution >= 0.6 is 0 Å². The first-order chi connectivity index (χ1) is 11.3. The number of likely N-dealkylation sites (tertiary alicyclic amines) is 1. The highest BCUT2D eigenvalue weighted by Crippen LogP contribution is 2.28. The lowest BCUT2D eigenvalue weighted by molar-refractivity contribution is 0.215. The second-order valence-electron chi connectivity index (χ2n) is 7.20. The van der Waals surface area contributed by atoms with Crippen LogP contribution in [0.4, 0.5) is 0 Å². The van der Waals surface area contributed by atoms with Gasteiger partial charge in [0.15, 0.2) is 5.65 Å². The van der Waals surface area contributed by atoms with E-state index >= 15 is 0 Å². The molecule has 4 rings (SSSR count). The Kier molecular flexibility index (Phi) is 4.31. The summed E-state index contributed by atoms with van der Waals surface area (Å²) in [5.74, 6) is 2.01. The molecule has 0 aromatic carbocycles. The van der Waals surface area contributed by atoms with Crippen LogP contribution in [0.2, 0.25) is 0 Å². The van der Waals surface area contributed by atoms with E-state index < -0.39 is 0 Å². The van der Waals surface area contributed by atoms with Crippen molar-refractivity contribution in [1.29, 1.82) is 0 Å². The Labute approximate surface area is 138 Å². The smallest absolute Gasteiger partial charge is 0.160 e. The fraction of sp³-hybridized carbons (Fsp3) is 0.667. The van der Waals surface area contributed by atoms with Crippen LogP contribution in [0, 0.1) is 5.92 Å². The van der Waals surface area contributed by atoms with E-state index in [2.05, 4.69) is 32.9 Å². The average molecular weight is 313 g/mol. The van der Waals surface area contributed by atoms with E-state index in [4.69, 9.17) is 4.98 Å². The Balaban J connectivity index is 1.64. The van der Waals surface area contributed by atoms with Crippen LogP contribution in [0.15, 0.2) is 18.3 Å². The predicted octanol–water partition coefficient (Wildman–Crippen LogP) is 2.24. The molecule has 0 aliphatic carbocycles. The van der Waals surface area contributed by atoms with Crippen molar-refractivity contribution in [2.75, 3.05) is 33.2 Å². The SMILES string of the molecule is CN1CCC(Cc2nc3cccnc3n2C2CCCNC2)CC1. The quantitative estimate of drug-likeness (QED) is 0.944. The Hall–Kier alpha value is -1.46. The van der Waals surface area contributed by atoms with Crippen molar-refractivity contribution in [3.05, 3.63) is 24.2 Å². The van der Waals surface area contributed by atoms with Crippen LogP contribution in [0.25, 0.3) is 11.2 Å². The van der Waals surface area contributed by atoms with Gasteiger partial charge in [-0.25, -0.2) is 9.97 Å². The minimum absolute atomic E-state index is 0.505. The summed E-state index contributed by atoms with van der Waals surface area (Å²) in [6.45, 7) is 4.62. The first-order valence-electron chi connectivity index (χ1n) is 9.02. The number of nitrogens with zero attached hydrogens (tertiary/aromatic N) is 4. The second-order valence-corrected chi connectivity index (χ2v) is 7.20. The molecule has 0 saturated carbocycles. The fourth-order valence-corrected chi connectivity index (χ4v) is 4.08. The van der Waals surface area contributed by atoms with Crippen molar-refractivity contribution in [3.8, 4) is 0 Å². The third kappa shape index (κ3) is 3.12. The lowest BCUT2D eigenvalue weighted by Crippen LogP contribution is -2.34. The third-order valence-electron chi connectivity index (χ3n) is 5.47. The molecule has 4 heterocycles. The van der Waals surface area contributed by atoms with Gasteiger partial charge in [-0.15, -0.1) is 0 Å². The number of aromatic nitrogens is 3. The summed E-state index contributed by atoms with van der Waals surface area (Å²) in [6, 6.07) is 4.61. The van der Waals surface area contributed by atoms with Gasteiger partial charge in [-0.3, -0.25) is 0 Å². The highest BCUT2D eigenvalue weighted by atomic mass is 15.2. The molecule has 0 amide bonds. The van der Waals surface area contributed by atoms with Crippen molar-refractivity contribution >= 4 is 11.2 Å². The van der Waals surface area contributed by atoms with Gasteiger partial charge in [-0.05, 0) is 70.4 Å². The number of hydrogen-bond donors (Lipinski definition) is 1. The Morgan fingerprint density at radius 1 is 1.26 bits per heavy atom. The van der Waals surface area contributed by atoms with Crippen LogP contribution in [-0.4, -0.2) is 52.7 Å². The molecule has 23 heavy (non-hydrogen) atoms. The number of piperidine rings is 2. The zero-order chi connectivity index (χ0) is 15.6. The second kappa shape index (κ2) is 6.57. The van der Waals surface area contributed by atoms with Gasteiger partial charge in [0.05, 0.1) is 0 Å². The van der Waals surface area contributed by atoms with Crippen molar-refractivity contribution < 1.29 is 0 Å². The van der Waals surface area contributed by atoms with Crippen LogP contribution in [0.1, 0.15) is 37.5 Å². The first kappa shape index (κ1) is 15.1. The summed E-state index contributed by atoms with van der Waals surface area (Å²) in [4.78, 5) is 12.0. The maximum Gasteiger partial charge on any atom is 0.160 e. The summed E-state index contributed by atoms with van der Waals surface area (Å²) in [5.41, 5.74) is 2.13. The topological polar surface area (TPSA) is 46.0 Å². The van der Waals surface area contributed by atoms with Gasteiger partial charge >= 0.3 is 0 Å². The van der Waals surface area contributed by atoms with Crippen LogP contribution in [-0.2, 0) is 6.42 Å². The summed E-state index contributed by atoms with van der Waals surface area (Å²) < 4.78 is 2.44. The van der Waals surface area contributed by atoms with Gasteiger partial charge in [-0.1, -0.05) is 0 Å². The zero-order valence-corrected chi connectivity index (χ0v) is 14.0. The molecular weight excluding hydrogens is 286 g/mol. The van der Waals surface area contributed by atoms with E-state index in [1.165, 1.54) is 44.6 Å². The van der Waals surface area contributed by atoms with Crippen molar-refractivity contribution in [3.63, 3.8) is 0 Å². The van der Waals surface area contributed by atoms with Gasteiger partial charge in [0.25, 0.3) is 0 Å². The van der Waals surface area contributed by atoms with Crippen LogP contribution in [0.3, 0.4) is 0 Å². The molecule has 0 spiro atoms. The molecule has 2 aliphatic rings. The molecule has 0 bridgehead atoms. The van der Waals surface area contributed by atoms with Gasteiger partial charge in [0.1, 0.15) is 11.3 Å². The Morgan fingerprint density at radius 3 is 2.91 bits per heavy atom. The van der Waals surface area contributed by atoms with Gasteiger partial charge in [0, 0.05) is 25.2 Å². The van der Waals surface area contributed by atoms with Crippen LogP contribution < -0.4 is 5.32 Å². The standard InChI is InChI=1S/C18H27N5/c1-22-10-6-14(7-11-22)12-17-21-16-5-3-9-20-18(16)23(17)15-4-2-8-19-13-15/h3,5,9,14-15,19H,2,4,6-8,10-13H2,1H3. The van der Waals surface area contributed by atoms with E-state index in [1.54, 1.807) is 0 Å². The van der Waals surface area contributed by atoms with Crippen molar-refractivity contribution in [1.82, 2.24) is 24.8 Å². The number of fused-ring (bicyclic) bond motifs is 1. The number of pyridine rings is 1. The number of rotatable bonds is 3. The molecule has 1 atom stereocenters. The molecular formula is C18H27N5. The number of imidazole rings is 1. The summed E-state index contributed by atoms with van der Waals surface area (Å²) >= 11 is 0. The number of nitrogens with one attached hydrogen (secondary N) is 1. The monoisotopic (exact) mass is 313 g/mol. The molecule has 2 aliphatic heterocycles. The highest BCUT2D eigenvalue weighted by Gasteiger charge is 2.25. The zero-order valence-electron chi connectivity index (χ0n) is 14.0. The molecule has 124 valence electrons. The maximum atomic E-state index is 4.96. The van der Waals surface area contributed by atoms with Crippen molar-refractivity contribution in [2.24, 2.45) is 5.92 Å². The normalized spacial score (nSPS) is 24.3. The summed E-state index contributed by atoms with van der Waals surface area (Å²) in [5, 5.41) is 3.54. The lowest BCUT2D eigenvalue weighted by atomic mass is 9.93. The Morgan fingerprint density at radius 2 is 2.13 bits per heavy atom. The Bertz CT molecular complexity index is 650. The molecule has 2 fully saturated rings. The van der Waals surface area contributed by atoms with Gasteiger partial charge in [-0.2, -0.15) is 0 Å². The van der Waals surface area contributed by atoms with E-state index in [1.807, 2.05) is 12.3 Å². The van der Waals surface area contributed by atoms with E-state index in [9.17, 15) is 0 Å². The highest BCUT2D eigenvalue weighted by molar-refractivity contribution is 5.71. The van der Waals surface area contributed by atoms with Gasteiger partial charge < -0.3 is 14.8 Å². The predicted molar refractivity (Wildman–Crippen MR) is 92.6 cm³/mol. The van der Waals surface area contributed by atoms with Gasteiger partial charge in [0.2, 0.25) is 0 Å². The molecule has 2 aromatic rings. The largest absolute Gasteiger partial charge is 0.315 e. The molecule has 1 unspecified atom stereocenters. The molecule has 2 aromatic heterocycles. The van der Waals surface area contributed by atoms with E-state index in [0.29, 0.717) is 6.04 Å². The van der Waals surface area contributed by atoms with E-state index in [-0.39, 0.29) is 0 Å². The molecule has 1 N–H and O–H groups in total. The summed E-state index contributed by atoms with van der Waals surface area (Å²) in [7, 11) is 2.23. The van der Waals surface area contributed by atoms with Crippen molar-refractivity contribution in [2.45, 2.75) is 38.1 Å². The molecule has 5 heteroatoms. The van der Waals surface area contributed by atoms with E-state index in [0.717, 1.165) is 36.6 Å². The van der Waals surface area contributed by atoms with Crippen LogP contribution in [0.5, 0.6) is 0 Å². The molecule has 2 saturated heterocycles. The summed E-state index contributed by atoms with van der Waals surface area (Å²) in [6.07, 6.45) is 8.04. The lowest BCUT2D eigenvalue weighted by Gasteiger charge is -2.30. The first-order valence-corrected chi connectivity index (χ1v) is 9.02. The molecule has 5 nitrogen and oxygen atoms in total. The maximum absolute atomic E-state index is 4.96.